The topological polar surface area (TPSA) is 78.8 Å². The number of phenolic OH excluding ortho intramolecular Hbond substituents is 2. The second kappa shape index (κ2) is 5.79. The SMILES string of the molecule is O=C(NC1(CBr)CCOCC1)c1ccc(O)cc1O. The number of nitrogens with one attached hydrogen (secondary N) is 1. The third kappa shape index (κ3) is 3.19. The van der Waals surface area contributed by atoms with Gasteiger partial charge in [-0.1, -0.05) is 15.9 Å². The molecule has 1 aliphatic heterocycles. The molecule has 0 bridgehead atoms. The summed E-state index contributed by atoms with van der Waals surface area (Å²) in [6.07, 6.45) is 1.45. The summed E-state index contributed by atoms with van der Waals surface area (Å²) in [7, 11) is 0. The summed E-state index contributed by atoms with van der Waals surface area (Å²) in [6.45, 7) is 1.21. The van der Waals surface area contributed by atoms with Crippen LogP contribution in [0.25, 0.3) is 0 Å². The molecule has 1 aromatic carbocycles. The van der Waals surface area contributed by atoms with Crippen LogP contribution in [0.3, 0.4) is 0 Å². The molecule has 19 heavy (non-hydrogen) atoms. The van der Waals surface area contributed by atoms with E-state index in [1.807, 2.05) is 0 Å². The van der Waals surface area contributed by atoms with Gasteiger partial charge >= 0.3 is 0 Å². The van der Waals surface area contributed by atoms with Crippen LogP contribution in [0.2, 0.25) is 0 Å². The van der Waals surface area contributed by atoms with E-state index in [1.165, 1.54) is 12.1 Å². The van der Waals surface area contributed by atoms with E-state index in [-0.39, 0.29) is 28.5 Å². The molecule has 0 aliphatic carbocycles. The van der Waals surface area contributed by atoms with Gasteiger partial charge in [-0.05, 0) is 25.0 Å². The zero-order valence-corrected chi connectivity index (χ0v) is 11.9. The minimum absolute atomic E-state index is 0.0738. The number of phenols is 2. The molecule has 0 saturated carbocycles. The fourth-order valence-electron chi connectivity index (χ4n) is 2.07. The molecule has 0 atom stereocenters. The van der Waals surface area contributed by atoms with Gasteiger partial charge in [0.2, 0.25) is 0 Å². The van der Waals surface area contributed by atoms with Crippen LogP contribution in [0.1, 0.15) is 23.2 Å². The van der Waals surface area contributed by atoms with Crippen molar-refractivity contribution in [3.05, 3.63) is 23.8 Å². The van der Waals surface area contributed by atoms with Crippen LogP contribution in [-0.2, 0) is 4.74 Å². The summed E-state index contributed by atoms with van der Waals surface area (Å²) < 4.78 is 5.30. The van der Waals surface area contributed by atoms with Crippen LogP contribution in [0.15, 0.2) is 18.2 Å². The molecule has 6 heteroatoms. The monoisotopic (exact) mass is 329 g/mol. The van der Waals surface area contributed by atoms with Crippen molar-refractivity contribution in [1.29, 1.82) is 0 Å². The molecule has 1 fully saturated rings. The van der Waals surface area contributed by atoms with Gasteiger partial charge in [-0.15, -0.1) is 0 Å². The van der Waals surface area contributed by atoms with Gasteiger partial charge in [0.25, 0.3) is 5.91 Å². The first-order chi connectivity index (χ1) is 9.06. The summed E-state index contributed by atoms with van der Waals surface area (Å²) in [5.41, 5.74) is -0.191. The Hall–Kier alpha value is -1.27. The molecule has 2 rings (SSSR count). The fraction of sp³-hybridized carbons (Fsp3) is 0.462. The first kappa shape index (κ1) is 14.1. The Balaban J connectivity index is 2.15. The number of carbonyl (C=O) groups is 1. The van der Waals surface area contributed by atoms with Crippen LogP contribution >= 0.6 is 15.9 Å². The van der Waals surface area contributed by atoms with Crippen LogP contribution < -0.4 is 5.32 Å². The summed E-state index contributed by atoms with van der Waals surface area (Å²) in [5, 5.41) is 22.5. The van der Waals surface area contributed by atoms with Gasteiger partial charge in [-0.3, -0.25) is 4.79 Å². The van der Waals surface area contributed by atoms with E-state index in [2.05, 4.69) is 21.2 Å². The number of carbonyl (C=O) groups excluding carboxylic acids is 1. The Morgan fingerprint density at radius 3 is 2.63 bits per heavy atom. The van der Waals surface area contributed by atoms with Gasteiger partial charge in [0.15, 0.2) is 0 Å². The predicted octanol–water partition coefficient (Wildman–Crippen LogP) is 1.77. The van der Waals surface area contributed by atoms with Crippen molar-refractivity contribution >= 4 is 21.8 Å². The van der Waals surface area contributed by atoms with Gasteiger partial charge < -0.3 is 20.3 Å². The van der Waals surface area contributed by atoms with Gasteiger partial charge in [-0.25, -0.2) is 0 Å². The first-order valence-electron chi connectivity index (χ1n) is 6.04. The number of rotatable bonds is 3. The highest BCUT2D eigenvalue weighted by Gasteiger charge is 2.33. The average Bonchev–Trinajstić information content (AvgIpc) is 2.39. The predicted molar refractivity (Wildman–Crippen MR) is 73.8 cm³/mol. The zero-order chi connectivity index (χ0) is 13.9. The molecule has 0 unspecified atom stereocenters. The van der Waals surface area contributed by atoms with Crippen molar-refractivity contribution < 1.29 is 19.7 Å². The minimum atomic E-state index is -0.348. The maximum atomic E-state index is 12.2. The third-order valence-corrected chi connectivity index (χ3v) is 4.38. The Morgan fingerprint density at radius 1 is 1.37 bits per heavy atom. The lowest BCUT2D eigenvalue weighted by molar-refractivity contribution is 0.0441. The van der Waals surface area contributed by atoms with Crippen LogP contribution in [0, 0.1) is 0 Å². The molecule has 0 radical (unpaired) electrons. The number of hydrogen-bond acceptors (Lipinski definition) is 4. The zero-order valence-electron chi connectivity index (χ0n) is 10.4. The Bertz CT molecular complexity index is 472. The van der Waals surface area contributed by atoms with Gasteiger partial charge in [0, 0.05) is 24.6 Å². The Morgan fingerprint density at radius 2 is 2.05 bits per heavy atom. The van der Waals surface area contributed by atoms with Crippen molar-refractivity contribution in [2.75, 3.05) is 18.5 Å². The molecule has 0 spiro atoms. The summed E-state index contributed by atoms with van der Waals surface area (Å²) in [4.78, 5) is 12.2. The van der Waals surface area contributed by atoms with Crippen molar-refractivity contribution in [1.82, 2.24) is 5.32 Å². The maximum absolute atomic E-state index is 12.2. The largest absolute Gasteiger partial charge is 0.508 e. The number of hydrogen-bond donors (Lipinski definition) is 3. The standard InChI is InChI=1S/C13H16BrNO4/c14-8-13(3-5-19-6-4-13)15-12(18)10-2-1-9(16)7-11(10)17/h1-2,7,16-17H,3-6,8H2,(H,15,18). The molecular weight excluding hydrogens is 314 g/mol. The number of amides is 1. The molecule has 1 aliphatic rings. The van der Waals surface area contributed by atoms with Gasteiger partial charge in [0.05, 0.1) is 11.1 Å². The molecule has 104 valence electrons. The lowest BCUT2D eigenvalue weighted by atomic mass is 9.92. The number of benzene rings is 1. The molecular formula is C13H16BrNO4. The smallest absolute Gasteiger partial charge is 0.255 e. The van der Waals surface area contributed by atoms with E-state index >= 15 is 0 Å². The minimum Gasteiger partial charge on any atom is -0.508 e. The number of ether oxygens (including phenoxy) is 1. The molecule has 0 aromatic heterocycles. The van der Waals surface area contributed by atoms with Crippen LogP contribution in [0.5, 0.6) is 11.5 Å². The second-order valence-electron chi connectivity index (χ2n) is 4.68. The quantitative estimate of drug-likeness (QED) is 0.738. The molecule has 5 nitrogen and oxygen atoms in total. The van der Waals surface area contributed by atoms with E-state index in [4.69, 9.17) is 4.74 Å². The molecule has 3 N–H and O–H groups in total. The summed E-state index contributed by atoms with van der Waals surface area (Å²) in [5.74, 6) is -0.650. The second-order valence-corrected chi connectivity index (χ2v) is 5.24. The van der Waals surface area contributed by atoms with Gasteiger partial charge in [0.1, 0.15) is 11.5 Å². The van der Waals surface area contributed by atoms with Gasteiger partial charge in [-0.2, -0.15) is 0 Å². The van der Waals surface area contributed by atoms with Crippen molar-refractivity contribution in [2.24, 2.45) is 0 Å². The highest BCUT2D eigenvalue weighted by Crippen LogP contribution is 2.26. The van der Waals surface area contributed by atoms with E-state index in [0.29, 0.717) is 18.5 Å². The molecule has 1 amide bonds. The lowest BCUT2D eigenvalue weighted by Gasteiger charge is -2.36. The van der Waals surface area contributed by atoms with E-state index in [9.17, 15) is 15.0 Å². The van der Waals surface area contributed by atoms with E-state index < -0.39 is 0 Å². The normalized spacial score (nSPS) is 17.9. The third-order valence-electron chi connectivity index (χ3n) is 3.31. The number of aromatic hydroxyl groups is 2. The first-order valence-corrected chi connectivity index (χ1v) is 7.17. The maximum Gasteiger partial charge on any atom is 0.255 e. The number of alkyl halides is 1. The van der Waals surface area contributed by atoms with Crippen molar-refractivity contribution in [2.45, 2.75) is 18.4 Å². The van der Waals surface area contributed by atoms with E-state index in [0.717, 1.165) is 18.9 Å². The lowest BCUT2D eigenvalue weighted by Crippen LogP contribution is -2.53. The fourth-order valence-corrected chi connectivity index (χ4v) is 2.78. The summed E-state index contributed by atoms with van der Waals surface area (Å²) >= 11 is 3.43. The average molecular weight is 330 g/mol. The summed E-state index contributed by atoms with van der Waals surface area (Å²) in [6, 6.07) is 3.93. The Labute approximate surface area is 119 Å². The molecule has 1 aromatic rings. The molecule has 1 saturated heterocycles. The molecule has 1 heterocycles. The van der Waals surface area contributed by atoms with Crippen molar-refractivity contribution in [3.63, 3.8) is 0 Å². The van der Waals surface area contributed by atoms with Crippen LogP contribution in [-0.4, -0.2) is 40.2 Å². The van der Waals surface area contributed by atoms with E-state index in [1.54, 1.807) is 0 Å². The highest BCUT2D eigenvalue weighted by atomic mass is 79.9. The Kier molecular flexibility index (Phi) is 4.31. The van der Waals surface area contributed by atoms with Crippen LogP contribution in [0.4, 0.5) is 0 Å². The number of halogens is 1. The highest BCUT2D eigenvalue weighted by molar-refractivity contribution is 9.09. The van der Waals surface area contributed by atoms with Crippen molar-refractivity contribution in [3.8, 4) is 11.5 Å².